The lowest BCUT2D eigenvalue weighted by molar-refractivity contribution is 0.118. The molecule has 1 saturated carbocycles. The average Bonchev–Trinajstić information content (AvgIpc) is 2.92. The summed E-state index contributed by atoms with van der Waals surface area (Å²) in [6.45, 7) is 4.06. The van der Waals surface area contributed by atoms with E-state index < -0.39 is 0 Å². The number of benzene rings is 1. The minimum Gasteiger partial charge on any atom is -0.387 e. The number of nitrogens with zero attached hydrogens (tertiary/aromatic N) is 1. The highest BCUT2D eigenvalue weighted by Gasteiger charge is 2.18. The van der Waals surface area contributed by atoms with E-state index >= 15 is 0 Å². The van der Waals surface area contributed by atoms with E-state index in [0.717, 1.165) is 31.0 Å². The van der Waals surface area contributed by atoms with E-state index in [2.05, 4.69) is 43.1 Å². The second kappa shape index (κ2) is 7.80. The van der Waals surface area contributed by atoms with Gasteiger partial charge in [0, 0.05) is 13.1 Å². The van der Waals surface area contributed by atoms with Crippen molar-refractivity contribution in [1.29, 1.82) is 0 Å². The van der Waals surface area contributed by atoms with Gasteiger partial charge in [-0.1, -0.05) is 50.5 Å². The predicted molar refractivity (Wildman–Crippen MR) is 84.9 cm³/mol. The lowest BCUT2D eigenvalue weighted by Gasteiger charge is -2.23. The van der Waals surface area contributed by atoms with Gasteiger partial charge in [0.05, 0.1) is 6.10 Å². The van der Waals surface area contributed by atoms with Crippen molar-refractivity contribution in [2.24, 2.45) is 5.92 Å². The monoisotopic (exact) mass is 275 g/mol. The predicted octanol–water partition coefficient (Wildman–Crippen LogP) is 3.79. The van der Waals surface area contributed by atoms with Crippen LogP contribution in [0.15, 0.2) is 24.3 Å². The first kappa shape index (κ1) is 15.5. The Morgan fingerprint density at radius 1 is 1.20 bits per heavy atom. The highest BCUT2D eigenvalue weighted by atomic mass is 16.3. The van der Waals surface area contributed by atoms with Crippen molar-refractivity contribution in [2.75, 3.05) is 20.1 Å². The smallest absolute Gasteiger partial charge is 0.0916 e. The zero-order valence-corrected chi connectivity index (χ0v) is 13.0. The molecule has 0 radical (unpaired) electrons. The average molecular weight is 275 g/mol. The molecule has 2 heteroatoms. The molecule has 112 valence electrons. The number of aryl methyl sites for hydroxylation is 1. The fraction of sp³-hybridized carbons (Fsp3) is 0.667. The van der Waals surface area contributed by atoms with Gasteiger partial charge in [-0.05, 0) is 43.4 Å². The quantitative estimate of drug-likeness (QED) is 0.818. The van der Waals surface area contributed by atoms with Gasteiger partial charge in [0.2, 0.25) is 0 Å². The first-order valence-corrected chi connectivity index (χ1v) is 8.14. The molecule has 1 atom stereocenters. The Hall–Kier alpha value is -0.860. The molecule has 1 aromatic carbocycles. The minimum absolute atomic E-state index is 0.364. The van der Waals surface area contributed by atoms with E-state index in [4.69, 9.17) is 0 Å². The molecule has 0 heterocycles. The van der Waals surface area contributed by atoms with Gasteiger partial charge >= 0.3 is 0 Å². The standard InChI is InChI=1S/C18H29NO/c1-3-6-15-9-11-17(12-10-15)18(20)14-19(2)13-16-7-4-5-8-16/h9-12,16,18,20H,3-8,13-14H2,1-2H3. The lowest BCUT2D eigenvalue weighted by atomic mass is 10.0. The van der Waals surface area contributed by atoms with Gasteiger partial charge in [0.25, 0.3) is 0 Å². The van der Waals surface area contributed by atoms with Crippen LogP contribution in [0.25, 0.3) is 0 Å². The number of hydrogen-bond acceptors (Lipinski definition) is 2. The first-order valence-electron chi connectivity index (χ1n) is 8.14. The highest BCUT2D eigenvalue weighted by molar-refractivity contribution is 5.24. The fourth-order valence-corrected chi connectivity index (χ4v) is 3.30. The molecule has 1 aliphatic carbocycles. The van der Waals surface area contributed by atoms with Crippen LogP contribution in [0.1, 0.15) is 56.3 Å². The van der Waals surface area contributed by atoms with Gasteiger partial charge in [-0.3, -0.25) is 0 Å². The number of aliphatic hydroxyl groups is 1. The lowest BCUT2D eigenvalue weighted by Crippen LogP contribution is -2.29. The summed E-state index contributed by atoms with van der Waals surface area (Å²) in [5.41, 5.74) is 2.41. The Kier molecular flexibility index (Phi) is 6.06. The molecule has 0 aliphatic heterocycles. The van der Waals surface area contributed by atoms with Crippen LogP contribution in [0.3, 0.4) is 0 Å². The van der Waals surface area contributed by atoms with Crippen molar-refractivity contribution in [1.82, 2.24) is 4.90 Å². The second-order valence-electron chi connectivity index (χ2n) is 6.38. The molecule has 1 unspecified atom stereocenters. The van der Waals surface area contributed by atoms with Crippen molar-refractivity contribution in [3.63, 3.8) is 0 Å². The van der Waals surface area contributed by atoms with Gasteiger partial charge in [0.1, 0.15) is 0 Å². The van der Waals surface area contributed by atoms with Crippen molar-refractivity contribution < 1.29 is 5.11 Å². The maximum absolute atomic E-state index is 10.3. The third kappa shape index (κ3) is 4.60. The SMILES string of the molecule is CCCc1ccc(C(O)CN(C)CC2CCCC2)cc1. The molecule has 20 heavy (non-hydrogen) atoms. The summed E-state index contributed by atoms with van der Waals surface area (Å²) in [7, 11) is 2.13. The molecule has 2 nitrogen and oxygen atoms in total. The number of aliphatic hydroxyl groups excluding tert-OH is 1. The highest BCUT2D eigenvalue weighted by Crippen LogP contribution is 2.25. The normalized spacial score (nSPS) is 17.8. The van der Waals surface area contributed by atoms with E-state index in [-0.39, 0.29) is 6.10 Å². The Balaban J connectivity index is 1.81. The molecule has 1 fully saturated rings. The Bertz CT molecular complexity index is 381. The van der Waals surface area contributed by atoms with Crippen LogP contribution < -0.4 is 0 Å². The van der Waals surface area contributed by atoms with Crippen LogP contribution >= 0.6 is 0 Å². The summed E-state index contributed by atoms with van der Waals surface area (Å²) in [6.07, 6.45) is 7.44. The van der Waals surface area contributed by atoms with Crippen molar-refractivity contribution in [3.05, 3.63) is 35.4 Å². The van der Waals surface area contributed by atoms with Crippen molar-refractivity contribution >= 4 is 0 Å². The molecular formula is C18H29NO. The van der Waals surface area contributed by atoms with Gasteiger partial charge in [0.15, 0.2) is 0 Å². The number of likely N-dealkylation sites (N-methyl/N-ethyl adjacent to an activating group) is 1. The third-order valence-corrected chi connectivity index (χ3v) is 4.43. The molecular weight excluding hydrogens is 246 g/mol. The number of hydrogen-bond donors (Lipinski definition) is 1. The van der Waals surface area contributed by atoms with Crippen LogP contribution in [-0.2, 0) is 6.42 Å². The zero-order valence-electron chi connectivity index (χ0n) is 13.0. The van der Waals surface area contributed by atoms with E-state index in [1.54, 1.807) is 0 Å². The molecule has 2 rings (SSSR count). The van der Waals surface area contributed by atoms with Crippen LogP contribution in [0.4, 0.5) is 0 Å². The Labute approximate surface area is 123 Å². The molecule has 0 spiro atoms. The Morgan fingerprint density at radius 3 is 2.45 bits per heavy atom. The summed E-state index contributed by atoms with van der Waals surface area (Å²) in [6, 6.07) is 8.47. The maximum atomic E-state index is 10.3. The van der Waals surface area contributed by atoms with Gasteiger partial charge in [-0.15, -0.1) is 0 Å². The summed E-state index contributed by atoms with van der Waals surface area (Å²) >= 11 is 0. The topological polar surface area (TPSA) is 23.5 Å². The minimum atomic E-state index is -0.364. The second-order valence-corrected chi connectivity index (χ2v) is 6.38. The van der Waals surface area contributed by atoms with Gasteiger partial charge in [-0.2, -0.15) is 0 Å². The molecule has 0 saturated heterocycles. The van der Waals surface area contributed by atoms with Crippen LogP contribution in [0.2, 0.25) is 0 Å². The van der Waals surface area contributed by atoms with Crippen molar-refractivity contribution in [2.45, 2.75) is 51.6 Å². The number of rotatable bonds is 7. The Morgan fingerprint density at radius 2 is 1.85 bits per heavy atom. The summed E-state index contributed by atoms with van der Waals surface area (Å²) < 4.78 is 0. The molecule has 0 bridgehead atoms. The summed E-state index contributed by atoms with van der Waals surface area (Å²) in [4.78, 5) is 2.29. The largest absolute Gasteiger partial charge is 0.387 e. The van der Waals surface area contributed by atoms with E-state index in [9.17, 15) is 5.11 Å². The van der Waals surface area contributed by atoms with Crippen LogP contribution in [-0.4, -0.2) is 30.1 Å². The van der Waals surface area contributed by atoms with Crippen LogP contribution in [0, 0.1) is 5.92 Å². The molecule has 0 amide bonds. The van der Waals surface area contributed by atoms with E-state index in [0.29, 0.717) is 0 Å². The maximum Gasteiger partial charge on any atom is 0.0916 e. The molecule has 1 aliphatic rings. The molecule has 0 aromatic heterocycles. The first-order chi connectivity index (χ1) is 9.69. The van der Waals surface area contributed by atoms with E-state index in [1.807, 2.05) is 0 Å². The van der Waals surface area contributed by atoms with E-state index in [1.165, 1.54) is 37.7 Å². The van der Waals surface area contributed by atoms with Gasteiger partial charge in [-0.25, -0.2) is 0 Å². The zero-order chi connectivity index (χ0) is 14.4. The molecule has 1 aromatic rings. The van der Waals surface area contributed by atoms with Crippen molar-refractivity contribution in [3.8, 4) is 0 Å². The van der Waals surface area contributed by atoms with Gasteiger partial charge < -0.3 is 10.0 Å². The third-order valence-electron chi connectivity index (χ3n) is 4.43. The summed E-state index contributed by atoms with van der Waals surface area (Å²) in [5.74, 6) is 0.846. The summed E-state index contributed by atoms with van der Waals surface area (Å²) in [5, 5.41) is 10.3. The van der Waals surface area contributed by atoms with Crippen LogP contribution in [0.5, 0.6) is 0 Å². The fourth-order valence-electron chi connectivity index (χ4n) is 3.30. The molecule has 1 N–H and O–H groups in total.